The Morgan fingerprint density at radius 2 is 1.91 bits per heavy atom. The van der Waals surface area contributed by atoms with Crippen LogP contribution in [0.3, 0.4) is 0 Å². The van der Waals surface area contributed by atoms with Crippen molar-refractivity contribution in [2.24, 2.45) is 5.10 Å². The first-order valence-electron chi connectivity index (χ1n) is 6.97. The molecular formula is C17H19N3O2. The zero-order chi connectivity index (χ0) is 15.9. The molecule has 2 aromatic carbocycles. The van der Waals surface area contributed by atoms with E-state index >= 15 is 0 Å². The summed E-state index contributed by atoms with van der Waals surface area (Å²) in [6, 6.07) is 14.4. The number of phenolic OH excluding ortho intramolecular Hbond substituents is 1. The maximum Gasteiger partial charge on any atom is 0.259 e. The minimum absolute atomic E-state index is 0.149. The lowest BCUT2D eigenvalue weighted by atomic mass is 10.1. The maximum atomic E-state index is 11.8. The molecule has 0 heterocycles. The Balaban J connectivity index is 1.86. The number of hydrogen-bond acceptors (Lipinski definition) is 4. The highest BCUT2D eigenvalue weighted by atomic mass is 16.3. The molecule has 0 aliphatic rings. The van der Waals surface area contributed by atoms with Gasteiger partial charge in [0.25, 0.3) is 5.91 Å². The normalized spacial score (nSPS) is 11.1. The molecule has 0 aromatic heterocycles. The van der Waals surface area contributed by atoms with Crippen molar-refractivity contribution in [2.75, 3.05) is 11.9 Å². The van der Waals surface area contributed by atoms with Gasteiger partial charge in [0.05, 0.1) is 12.3 Å². The Kier molecular flexibility index (Phi) is 5.14. The van der Waals surface area contributed by atoms with E-state index < -0.39 is 0 Å². The van der Waals surface area contributed by atoms with Crippen molar-refractivity contribution in [3.8, 4) is 5.75 Å². The van der Waals surface area contributed by atoms with Gasteiger partial charge in [0.2, 0.25) is 0 Å². The molecule has 0 spiro atoms. The number of aryl methyl sites for hydroxylation is 1. The summed E-state index contributed by atoms with van der Waals surface area (Å²) in [5, 5.41) is 16.3. The van der Waals surface area contributed by atoms with E-state index in [1.807, 2.05) is 31.2 Å². The fourth-order valence-electron chi connectivity index (χ4n) is 1.89. The molecule has 3 N–H and O–H groups in total. The number of nitrogens with one attached hydrogen (secondary N) is 2. The largest absolute Gasteiger partial charge is 0.508 e. The Hall–Kier alpha value is -2.82. The Morgan fingerprint density at radius 3 is 2.59 bits per heavy atom. The summed E-state index contributed by atoms with van der Waals surface area (Å²) in [4.78, 5) is 11.8. The first-order valence-corrected chi connectivity index (χ1v) is 6.97. The molecule has 2 aromatic rings. The molecule has 0 aliphatic carbocycles. The summed E-state index contributed by atoms with van der Waals surface area (Å²) in [6.07, 6.45) is 0. The third-order valence-corrected chi connectivity index (χ3v) is 3.10. The van der Waals surface area contributed by atoms with Crippen LogP contribution < -0.4 is 10.7 Å². The second kappa shape index (κ2) is 7.26. The van der Waals surface area contributed by atoms with Crippen molar-refractivity contribution in [3.63, 3.8) is 0 Å². The van der Waals surface area contributed by atoms with Gasteiger partial charge in [-0.2, -0.15) is 5.10 Å². The fraction of sp³-hybridized carbons (Fsp3) is 0.176. The van der Waals surface area contributed by atoms with Gasteiger partial charge >= 0.3 is 0 Å². The number of carbonyl (C=O) groups is 1. The SMILES string of the molecule is C/C(=N\NC(=O)CNc1cccc(C)c1)c1ccc(O)cc1. The third kappa shape index (κ3) is 4.63. The van der Waals surface area contributed by atoms with Crippen LogP contribution in [0.1, 0.15) is 18.1 Å². The fourth-order valence-corrected chi connectivity index (χ4v) is 1.89. The molecule has 0 fully saturated rings. The Bertz CT molecular complexity index is 679. The van der Waals surface area contributed by atoms with Crippen LogP contribution in [0.4, 0.5) is 5.69 Å². The Morgan fingerprint density at radius 1 is 1.18 bits per heavy atom. The van der Waals surface area contributed by atoms with Crippen LogP contribution in [-0.4, -0.2) is 23.3 Å². The van der Waals surface area contributed by atoms with Gasteiger partial charge in [0.15, 0.2) is 0 Å². The highest BCUT2D eigenvalue weighted by Crippen LogP contribution is 2.10. The third-order valence-electron chi connectivity index (χ3n) is 3.10. The van der Waals surface area contributed by atoms with E-state index in [-0.39, 0.29) is 18.2 Å². The van der Waals surface area contributed by atoms with E-state index in [1.165, 1.54) is 0 Å². The van der Waals surface area contributed by atoms with Crippen LogP contribution in [0.5, 0.6) is 5.75 Å². The van der Waals surface area contributed by atoms with E-state index in [0.717, 1.165) is 16.8 Å². The summed E-state index contributed by atoms with van der Waals surface area (Å²) in [5.74, 6) is -0.0254. The molecule has 1 amide bonds. The van der Waals surface area contributed by atoms with Crippen molar-refractivity contribution in [1.29, 1.82) is 0 Å². The summed E-state index contributed by atoms with van der Waals surface area (Å²) in [6.45, 7) is 3.94. The molecular weight excluding hydrogens is 278 g/mol. The first-order chi connectivity index (χ1) is 10.5. The van der Waals surface area contributed by atoms with Gasteiger partial charge in [-0.15, -0.1) is 0 Å². The molecule has 114 valence electrons. The minimum Gasteiger partial charge on any atom is -0.508 e. The van der Waals surface area contributed by atoms with Gasteiger partial charge in [-0.1, -0.05) is 12.1 Å². The lowest BCUT2D eigenvalue weighted by Gasteiger charge is -2.07. The summed E-state index contributed by atoms with van der Waals surface area (Å²) >= 11 is 0. The summed E-state index contributed by atoms with van der Waals surface area (Å²) in [7, 11) is 0. The van der Waals surface area contributed by atoms with Crippen LogP contribution in [0.15, 0.2) is 53.6 Å². The van der Waals surface area contributed by atoms with Crippen LogP contribution >= 0.6 is 0 Å². The van der Waals surface area contributed by atoms with Crippen molar-refractivity contribution < 1.29 is 9.90 Å². The average Bonchev–Trinajstić information content (AvgIpc) is 2.51. The molecule has 0 saturated carbocycles. The highest BCUT2D eigenvalue weighted by molar-refractivity contribution is 5.99. The number of rotatable bonds is 5. The second-order valence-corrected chi connectivity index (χ2v) is 5.00. The number of aromatic hydroxyl groups is 1. The smallest absolute Gasteiger partial charge is 0.259 e. The number of carbonyl (C=O) groups excluding carboxylic acids is 1. The lowest BCUT2D eigenvalue weighted by molar-refractivity contribution is -0.119. The van der Waals surface area contributed by atoms with Crippen molar-refractivity contribution in [3.05, 3.63) is 59.7 Å². The molecule has 22 heavy (non-hydrogen) atoms. The topological polar surface area (TPSA) is 73.7 Å². The van der Waals surface area contributed by atoms with Gasteiger partial charge < -0.3 is 10.4 Å². The molecule has 5 heteroatoms. The van der Waals surface area contributed by atoms with Crippen molar-refractivity contribution in [1.82, 2.24) is 5.43 Å². The molecule has 0 saturated heterocycles. The van der Waals surface area contributed by atoms with E-state index in [1.54, 1.807) is 31.2 Å². The van der Waals surface area contributed by atoms with Gasteiger partial charge in [0, 0.05) is 5.69 Å². The van der Waals surface area contributed by atoms with Crippen LogP contribution in [-0.2, 0) is 4.79 Å². The average molecular weight is 297 g/mol. The zero-order valence-electron chi connectivity index (χ0n) is 12.6. The van der Waals surface area contributed by atoms with Gasteiger partial charge in [0.1, 0.15) is 5.75 Å². The van der Waals surface area contributed by atoms with Crippen LogP contribution in [0.2, 0.25) is 0 Å². The number of hydrazone groups is 1. The zero-order valence-corrected chi connectivity index (χ0v) is 12.6. The van der Waals surface area contributed by atoms with Gasteiger partial charge in [-0.05, 0) is 61.4 Å². The molecule has 0 aliphatic heterocycles. The lowest BCUT2D eigenvalue weighted by Crippen LogP contribution is -2.26. The number of anilines is 1. The highest BCUT2D eigenvalue weighted by Gasteiger charge is 2.02. The van der Waals surface area contributed by atoms with Crippen LogP contribution in [0, 0.1) is 6.92 Å². The van der Waals surface area contributed by atoms with E-state index in [9.17, 15) is 9.90 Å². The molecule has 0 unspecified atom stereocenters. The summed E-state index contributed by atoms with van der Waals surface area (Å²) < 4.78 is 0. The first kappa shape index (κ1) is 15.6. The number of benzene rings is 2. The van der Waals surface area contributed by atoms with Crippen LogP contribution in [0.25, 0.3) is 0 Å². The number of hydrogen-bond donors (Lipinski definition) is 3. The molecule has 5 nitrogen and oxygen atoms in total. The quantitative estimate of drug-likeness (QED) is 0.587. The van der Waals surface area contributed by atoms with E-state index in [2.05, 4.69) is 15.8 Å². The monoisotopic (exact) mass is 297 g/mol. The molecule has 0 radical (unpaired) electrons. The number of nitrogens with zero attached hydrogens (tertiary/aromatic N) is 1. The maximum absolute atomic E-state index is 11.8. The summed E-state index contributed by atoms with van der Waals surface area (Å²) in [5.41, 5.74) is 6.04. The minimum atomic E-state index is -0.223. The second-order valence-electron chi connectivity index (χ2n) is 5.00. The van der Waals surface area contributed by atoms with Gasteiger partial charge in [-0.25, -0.2) is 5.43 Å². The molecule has 0 bridgehead atoms. The van der Waals surface area contributed by atoms with Gasteiger partial charge in [-0.3, -0.25) is 4.79 Å². The number of amides is 1. The van der Waals surface area contributed by atoms with Crippen molar-refractivity contribution in [2.45, 2.75) is 13.8 Å². The van der Waals surface area contributed by atoms with E-state index in [0.29, 0.717) is 5.71 Å². The number of phenols is 1. The molecule has 2 rings (SSSR count). The predicted molar refractivity (Wildman–Crippen MR) is 88.1 cm³/mol. The Labute approximate surface area is 129 Å². The predicted octanol–water partition coefficient (Wildman–Crippen LogP) is 2.65. The molecule has 0 atom stereocenters. The van der Waals surface area contributed by atoms with Crippen molar-refractivity contribution >= 4 is 17.3 Å². The standard InChI is InChI=1S/C17H19N3O2/c1-12-4-3-5-15(10-12)18-11-17(22)20-19-13(2)14-6-8-16(21)9-7-14/h3-10,18,21H,11H2,1-2H3,(H,20,22)/b19-13+. The van der Waals surface area contributed by atoms with E-state index in [4.69, 9.17) is 0 Å².